The number of carbonyl (C=O) groups excluding carboxylic acids is 2. The van der Waals surface area contributed by atoms with Gasteiger partial charge in [0.1, 0.15) is 5.82 Å². The molecule has 0 spiro atoms. The second-order valence-electron chi connectivity index (χ2n) is 10.0. The number of rotatable bonds is 6. The van der Waals surface area contributed by atoms with Crippen molar-refractivity contribution in [2.45, 2.75) is 51.6 Å². The predicted octanol–water partition coefficient (Wildman–Crippen LogP) is 3.09. The number of nitrogens with one attached hydrogen (secondary N) is 2. The van der Waals surface area contributed by atoms with E-state index in [4.69, 9.17) is 11.4 Å². The summed E-state index contributed by atoms with van der Waals surface area (Å²) in [5, 5.41) is 27.1. The molecule has 9 heteroatoms. The van der Waals surface area contributed by atoms with Gasteiger partial charge in [0.2, 0.25) is 5.91 Å². The van der Waals surface area contributed by atoms with Crippen molar-refractivity contribution in [3.05, 3.63) is 46.2 Å². The van der Waals surface area contributed by atoms with Crippen LogP contribution in [0.3, 0.4) is 0 Å². The van der Waals surface area contributed by atoms with Crippen molar-refractivity contribution >= 4 is 28.3 Å². The standard InChI is InChI=1S/C26H30FN3O4S/c1-4-11-28-21(33)12-17-22-18(13-19-25(17,2)10-9-20(32)26(19,3)14-31)35-24(29-22)30-23(34)15-5-7-16(27)8-6-15/h1,5-8,17,19-20,31-32H,9-14H2,2-3H3,(H,28,33)(H,29,30,34). The summed E-state index contributed by atoms with van der Waals surface area (Å²) in [6.07, 6.45) is 6.57. The molecular weight excluding hydrogens is 469 g/mol. The van der Waals surface area contributed by atoms with Gasteiger partial charge >= 0.3 is 0 Å². The minimum absolute atomic E-state index is 0.0946. The molecule has 2 aliphatic carbocycles. The van der Waals surface area contributed by atoms with E-state index in [0.29, 0.717) is 30.0 Å². The van der Waals surface area contributed by atoms with Crippen LogP contribution in [0.2, 0.25) is 0 Å². The van der Waals surface area contributed by atoms with Crippen LogP contribution < -0.4 is 10.6 Å². The van der Waals surface area contributed by atoms with E-state index in [1.807, 2.05) is 6.92 Å². The van der Waals surface area contributed by atoms with Crippen molar-refractivity contribution in [1.82, 2.24) is 10.3 Å². The van der Waals surface area contributed by atoms with Crippen molar-refractivity contribution in [3.63, 3.8) is 0 Å². The van der Waals surface area contributed by atoms with E-state index < -0.39 is 28.7 Å². The molecule has 0 aliphatic heterocycles. The topological polar surface area (TPSA) is 112 Å². The highest BCUT2D eigenvalue weighted by atomic mass is 32.1. The number of halogens is 1. The molecular formula is C26H30FN3O4S. The van der Waals surface area contributed by atoms with Gasteiger partial charge in [-0.3, -0.25) is 14.9 Å². The molecule has 2 amide bonds. The fourth-order valence-electron chi connectivity index (χ4n) is 5.88. The summed E-state index contributed by atoms with van der Waals surface area (Å²) in [5.74, 6) is 1.01. The lowest BCUT2D eigenvalue weighted by Crippen LogP contribution is -2.57. The Bertz CT molecular complexity index is 1160. The summed E-state index contributed by atoms with van der Waals surface area (Å²) in [7, 11) is 0. The van der Waals surface area contributed by atoms with Crippen LogP contribution in [-0.2, 0) is 11.2 Å². The number of aromatic nitrogens is 1. The van der Waals surface area contributed by atoms with E-state index in [0.717, 1.165) is 10.6 Å². The van der Waals surface area contributed by atoms with Crippen LogP contribution in [-0.4, -0.2) is 46.3 Å². The largest absolute Gasteiger partial charge is 0.396 e. The number of thiazole rings is 1. The smallest absolute Gasteiger partial charge is 0.257 e. The number of terminal acetylenes is 1. The summed E-state index contributed by atoms with van der Waals surface area (Å²) in [6, 6.07) is 5.25. The molecule has 35 heavy (non-hydrogen) atoms. The summed E-state index contributed by atoms with van der Waals surface area (Å²) >= 11 is 1.33. The lowest BCUT2D eigenvalue weighted by molar-refractivity contribution is -0.144. The highest BCUT2D eigenvalue weighted by Gasteiger charge is 2.59. The molecule has 5 unspecified atom stereocenters. The van der Waals surface area contributed by atoms with Gasteiger partial charge in [0.25, 0.3) is 5.91 Å². The van der Waals surface area contributed by atoms with Gasteiger partial charge in [-0.25, -0.2) is 9.37 Å². The van der Waals surface area contributed by atoms with Crippen LogP contribution >= 0.6 is 11.3 Å². The van der Waals surface area contributed by atoms with Crippen molar-refractivity contribution < 1.29 is 24.2 Å². The normalized spacial score (nSPS) is 29.4. The van der Waals surface area contributed by atoms with Gasteiger partial charge in [0, 0.05) is 28.2 Å². The third-order valence-electron chi connectivity index (χ3n) is 8.00. The van der Waals surface area contributed by atoms with Gasteiger partial charge in [-0.05, 0) is 54.9 Å². The van der Waals surface area contributed by atoms with Crippen LogP contribution in [0.15, 0.2) is 24.3 Å². The number of carbonyl (C=O) groups is 2. The molecule has 2 aliphatic rings. The number of fused-ring (bicyclic) bond motifs is 2. The fourth-order valence-corrected chi connectivity index (χ4v) is 6.94. The zero-order valence-corrected chi connectivity index (χ0v) is 20.6. The lowest BCUT2D eigenvalue weighted by Gasteiger charge is -2.58. The molecule has 7 nitrogen and oxygen atoms in total. The zero-order valence-electron chi connectivity index (χ0n) is 19.8. The van der Waals surface area contributed by atoms with Crippen LogP contribution in [0, 0.1) is 34.9 Å². The molecule has 1 fully saturated rings. The Hall–Kier alpha value is -2.80. The van der Waals surface area contributed by atoms with E-state index >= 15 is 0 Å². The quantitative estimate of drug-likeness (QED) is 0.457. The second kappa shape index (κ2) is 9.69. The molecule has 0 radical (unpaired) electrons. The Morgan fingerprint density at radius 2 is 2.03 bits per heavy atom. The number of hydrogen-bond donors (Lipinski definition) is 4. The maximum atomic E-state index is 13.2. The maximum Gasteiger partial charge on any atom is 0.257 e. The van der Waals surface area contributed by atoms with Crippen molar-refractivity contribution in [1.29, 1.82) is 0 Å². The monoisotopic (exact) mass is 499 g/mol. The first-order valence-electron chi connectivity index (χ1n) is 11.7. The van der Waals surface area contributed by atoms with Crippen LogP contribution in [0.5, 0.6) is 0 Å². The number of aliphatic hydroxyl groups excluding tert-OH is 2. The Balaban J connectivity index is 1.70. The molecule has 1 heterocycles. The number of benzene rings is 1. The van der Waals surface area contributed by atoms with E-state index in [1.54, 1.807) is 0 Å². The van der Waals surface area contributed by atoms with Gasteiger partial charge in [0.05, 0.1) is 24.9 Å². The molecule has 5 atom stereocenters. The number of hydrogen-bond acceptors (Lipinski definition) is 6. The zero-order chi connectivity index (χ0) is 25.4. The number of anilines is 1. The van der Waals surface area contributed by atoms with E-state index in [9.17, 15) is 24.2 Å². The first-order valence-corrected chi connectivity index (χ1v) is 12.5. The van der Waals surface area contributed by atoms with Crippen molar-refractivity contribution in [2.75, 3.05) is 18.5 Å². The first kappa shape index (κ1) is 25.3. The summed E-state index contributed by atoms with van der Waals surface area (Å²) in [4.78, 5) is 31.1. The predicted molar refractivity (Wildman–Crippen MR) is 131 cm³/mol. The molecule has 2 aromatic rings. The van der Waals surface area contributed by atoms with Crippen LogP contribution in [0.1, 0.15) is 60.0 Å². The Labute approximate surface area is 208 Å². The molecule has 0 saturated heterocycles. The minimum Gasteiger partial charge on any atom is -0.396 e. The molecule has 186 valence electrons. The lowest BCUT2D eigenvalue weighted by atomic mass is 9.47. The third kappa shape index (κ3) is 4.58. The van der Waals surface area contributed by atoms with E-state index in [1.165, 1.54) is 35.6 Å². The Kier molecular flexibility index (Phi) is 7.00. The molecule has 1 aromatic carbocycles. The van der Waals surface area contributed by atoms with E-state index in [-0.39, 0.29) is 37.3 Å². The maximum absolute atomic E-state index is 13.2. The average molecular weight is 500 g/mol. The number of aliphatic hydroxyl groups is 2. The molecule has 0 bridgehead atoms. The average Bonchev–Trinajstić information content (AvgIpc) is 3.24. The molecule has 4 rings (SSSR count). The minimum atomic E-state index is -0.736. The van der Waals surface area contributed by atoms with E-state index in [2.05, 4.69) is 23.5 Å². The van der Waals surface area contributed by atoms with Gasteiger partial charge in [-0.1, -0.05) is 19.8 Å². The Morgan fingerprint density at radius 1 is 1.31 bits per heavy atom. The van der Waals surface area contributed by atoms with Crippen molar-refractivity contribution in [3.8, 4) is 12.3 Å². The van der Waals surface area contributed by atoms with Crippen LogP contribution in [0.4, 0.5) is 9.52 Å². The highest BCUT2D eigenvalue weighted by Crippen LogP contribution is 2.62. The second-order valence-corrected chi connectivity index (χ2v) is 11.1. The van der Waals surface area contributed by atoms with Gasteiger partial charge in [-0.15, -0.1) is 17.8 Å². The Morgan fingerprint density at radius 3 is 2.69 bits per heavy atom. The number of nitrogens with zero attached hydrogens (tertiary/aromatic N) is 1. The summed E-state index contributed by atoms with van der Waals surface area (Å²) in [5.41, 5.74) is -0.0689. The molecule has 1 saturated carbocycles. The highest BCUT2D eigenvalue weighted by molar-refractivity contribution is 7.15. The van der Waals surface area contributed by atoms with Crippen molar-refractivity contribution in [2.24, 2.45) is 16.7 Å². The summed E-state index contributed by atoms with van der Waals surface area (Å²) in [6.45, 7) is 3.96. The summed E-state index contributed by atoms with van der Waals surface area (Å²) < 4.78 is 13.2. The first-order chi connectivity index (χ1) is 16.6. The molecule has 4 N–H and O–H groups in total. The molecule has 1 aromatic heterocycles. The van der Waals surface area contributed by atoms with Gasteiger partial charge in [0.15, 0.2) is 5.13 Å². The number of amides is 2. The third-order valence-corrected chi connectivity index (χ3v) is 9.01. The fraction of sp³-hybridized carbons (Fsp3) is 0.500. The van der Waals surface area contributed by atoms with Crippen LogP contribution in [0.25, 0.3) is 0 Å². The van der Waals surface area contributed by atoms with Gasteiger partial charge in [-0.2, -0.15) is 0 Å². The SMILES string of the molecule is C#CCNC(=O)CC1c2nc(NC(=O)c3ccc(F)cc3)sc2CC2C(C)(CO)C(O)CCC12C. The van der Waals surface area contributed by atoms with Gasteiger partial charge < -0.3 is 15.5 Å².